The number of aromatic amines is 1. The molecule has 0 radical (unpaired) electrons. The molecule has 138 valence electrons. The van der Waals surface area contributed by atoms with Crippen molar-refractivity contribution in [3.8, 4) is 5.88 Å². The zero-order valence-corrected chi connectivity index (χ0v) is 14.8. The minimum Gasteiger partial charge on any atom is -0.494 e. The van der Waals surface area contributed by atoms with Crippen LogP contribution < -0.4 is 0 Å². The SMILES string of the molecule is CCC(=Nc1ccc(C(=O)O)cc1)c1c(O)[nH]c2cc(C(=O)OC)ccc12. The molecule has 0 bridgehead atoms. The highest BCUT2D eigenvalue weighted by Gasteiger charge is 2.17. The van der Waals surface area contributed by atoms with E-state index in [1.807, 2.05) is 6.92 Å². The number of hydrogen-bond donors (Lipinski definition) is 3. The fourth-order valence-electron chi connectivity index (χ4n) is 2.87. The van der Waals surface area contributed by atoms with Crippen LogP contribution >= 0.6 is 0 Å². The zero-order valence-electron chi connectivity index (χ0n) is 14.8. The Labute approximate surface area is 154 Å². The highest BCUT2D eigenvalue weighted by Crippen LogP contribution is 2.31. The van der Waals surface area contributed by atoms with Crippen molar-refractivity contribution >= 4 is 34.2 Å². The van der Waals surface area contributed by atoms with Gasteiger partial charge in [-0.25, -0.2) is 9.59 Å². The minimum atomic E-state index is -1.00. The van der Waals surface area contributed by atoms with Gasteiger partial charge in [0.15, 0.2) is 5.88 Å². The Balaban J connectivity index is 2.06. The summed E-state index contributed by atoms with van der Waals surface area (Å²) in [6.45, 7) is 1.91. The number of benzene rings is 2. The smallest absolute Gasteiger partial charge is 0.337 e. The molecule has 0 atom stereocenters. The van der Waals surface area contributed by atoms with Gasteiger partial charge in [0, 0.05) is 10.9 Å². The standard InChI is InChI=1S/C20H18N2O5/c1-3-15(21-13-7-4-11(5-8-13)19(24)25)17-14-9-6-12(20(26)27-2)10-16(14)22-18(17)23/h4-10,22-23H,3H2,1-2H3,(H,24,25). The maximum absolute atomic E-state index is 11.7. The number of nitrogens with one attached hydrogen (secondary N) is 1. The predicted molar refractivity (Wildman–Crippen MR) is 101 cm³/mol. The number of nitrogens with zero attached hydrogens (tertiary/aromatic N) is 1. The number of aliphatic imine (C=N–C) groups is 1. The van der Waals surface area contributed by atoms with Gasteiger partial charge in [0.25, 0.3) is 0 Å². The van der Waals surface area contributed by atoms with Crippen molar-refractivity contribution in [3.05, 3.63) is 59.2 Å². The van der Waals surface area contributed by atoms with Crippen LogP contribution in [0.15, 0.2) is 47.5 Å². The van der Waals surface area contributed by atoms with E-state index in [2.05, 4.69) is 9.98 Å². The number of fused-ring (bicyclic) bond motifs is 1. The first-order valence-electron chi connectivity index (χ1n) is 8.29. The number of H-pyrrole nitrogens is 1. The second kappa shape index (κ2) is 7.33. The molecule has 3 aromatic rings. The average Bonchev–Trinajstić information content (AvgIpc) is 3.00. The first-order chi connectivity index (χ1) is 12.9. The van der Waals surface area contributed by atoms with E-state index in [4.69, 9.17) is 9.84 Å². The topological polar surface area (TPSA) is 112 Å². The van der Waals surface area contributed by atoms with Crippen molar-refractivity contribution in [1.82, 2.24) is 4.98 Å². The van der Waals surface area contributed by atoms with Gasteiger partial charge in [-0.2, -0.15) is 0 Å². The highest BCUT2D eigenvalue weighted by molar-refractivity contribution is 6.14. The Morgan fingerprint density at radius 3 is 2.37 bits per heavy atom. The van der Waals surface area contributed by atoms with Crippen LogP contribution in [0.3, 0.4) is 0 Å². The first kappa shape index (κ1) is 18.2. The summed E-state index contributed by atoms with van der Waals surface area (Å²) in [7, 11) is 1.31. The molecule has 7 heteroatoms. The molecule has 0 spiro atoms. The van der Waals surface area contributed by atoms with E-state index in [-0.39, 0.29) is 11.4 Å². The molecule has 3 rings (SSSR count). The van der Waals surface area contributed by atoms with Crippen molar-refractivity contribution in [2.45, 2.75) is 13.3 Å². The molecule has 0 fully saturated rings. The molecule has 1 heterocycles. The molecule has 0 saturated heterocycles. The lowest BCUT2D eigenvalue weighted by atomic mass is 10.0. The van der Waals surface area contributed by atoms with Crippen molar-refractivity contribution in [3.63, 3.8) is 0 Å². The number of carboxylic acid groups (broad SMARTS) is 1. The number of ether oxygens (including phenoxy) is 1. The van der Waals surface area contributed by atoms with E-state index in [0.717, 1.165) is 5.39 Å². The Morgan fingerprint density at radius 2 is 1.78 bits per heavy atom. The maximum Gasteiger partial charge on any atom is 0.337 e. The normalized spacial score (nSPS) is 11.6. The maximum atomic E-state index is 11.7. The van der Waals surface area contributed by atoms with E-state index in [9.17, 15) is 14.7 Å². The summed E-state index contributed by atoms with van der Waals surface area (Å²) in [4.78, 5) is 30.1. The number of esters is 1. The molecular formula is C20H18N2O5. The molecule has 0 unspecified atom stereocenters. The summed E-state index contributed by atoms with van der Waals surface area (Å²) in [5.41, 5.74) is 2.90. The van der Waals surface area contributed by atoms with Crippen molar-refractivity contribution < 1.29 is 24.5 Å². The number of rotatable bonds is 5. The second-order valence-corrected chi connectivity index (χ2v) is 5.86. The van der Waals surface area contributed by atoms with Crippen LogP contribution in [0, 0.1) is 0 Å². The summed E-state index contributed by atoms with van der Waals surface area (Å²) >= 11 is 0. The van der Waals surface area contributed by atoms with Crippen LogP contribution in [-0.2, 0) is 4.74 Å². The largest absolute Gasteiger partial charge is 0.494 e. The van der Waals surface area contributed by atoms with E-state index < -0.39 is 11.9 Å². The van der Waals surface area contributed by atoms with Gasteiger partial charge in [0.05, 0.1) is 35.2 Å². The fraction of sp³-hybridized carbons (Fsp3) is 0.150. The van der Waals surface area contributed by atoms with Crippen molar-refractivity contribution in [2.75, 3.05) is 7.11 Å². The van der Waals surface area contributed by atoms with E-state index >= 15 is 0 Å². The van der Waals surface area contributed by atoms with Crippen molar-refractivity contribution in [2.24, 2.45) is 4.99 Å². The van der Waals surface area contributed by atoms with Crippen LogP contribution in [0.5, 0.6) is 5.88 Å². The van der Waals surface area contributed by atoms with Gasteiger partial charge < -0.3 is 19.9 Å². The number of aromatic hydroxyl groups is 1. The average molecular weight is 366 g/mol. The Hall–Kier alpha value is -3.61. The third-order valence-corrected chi connectivity index (χ3v) is 4.20. The van der Waals surface area contributed by atoms with E-state index in [1.54, 1.807) is 30.3 Å². The van der Waals surface area contributed by atoms with Crippen LogP contribution in [0.25, 0.3) is 10.9 Å². The van der Waals surface area contributed by atoms with E-state index in [1.165, 1.54) is 19.2 Å². The van der Waals surface area contributed by atoms with E-state index in [0.29, 0.717) is 34.5 Å². The van der Waals surface area contributed by atoms with Gasteiger partial charge in [-0.05, 0) is 42.8 Å². The third kappa shape index (κ3) is 3.52. The fourth-order valence-corrected chi connectivity index (χ4v) is 2.87. The monoisotopic (exact) mass is 366 g/mol. The lowest BCUT2D eigenvalue weighted by molar-refractivity contribution is 0.0600. The second-order valence-electron chi connectivity index (χ2n) is 5.86. The molecule has 0 aliphatic heterocycles. The van der Waals surface area contributed by atoms with Gasteiger partial charge in [-0.15, -0.1) is 0 Å². The predicted octanol–water partition coefficient (Wildman–Crippen LogP) is 3.89. The van der Waals surface area contributed by atoms with Gasteiger partial charge in [0.2, 0.25) is 0 Å². The lowest BCUT2D eigenvalue weighted by Gasteiger charge is -2.05. The first-order valence-corrected chi connectivity index (χ1v) is 8.29. The number of carbonyl (C=O) groups is 2. The minimum absolute atomic E-state index is 0.0465. The van der Waals surface area contributed by atoms with Gasteiger partial charge >= 0.3 is 11.9 Å². The van der Waals surface area contributed by atoms with Crippen molar-refractivity contribution in [1.29, 1.82) is 0 Å². The summed E-state index contributed by atoms with van der Waals surface area (Å²) in [6, 6.07) is 11.1. The number of aromatic nitrogens is 1. The Bertz CT molecular complexity index is 1050. The Morgan fingerprint density at radius 1 is 1.11 bits per heavy atom. The van der Waals surface area contributed by atoms with Gasteiger partial charge in [-0.3, -0.25) is 4.99 Å². The summed E-state index contributed by atoms with van der Waals surface area (Å²) in [5.74, 6) is -1.51. The number of carboxylic acids is 1. The Kier molecular flexibility index (Phi) is 4.94. The molecule has 2 aromatic carbocycles. The van der Waals surface area contributed by atoms with Crippen LogP contribution in [0.2, 0.25) is 0 Å². The van der Waals surface area contributed by atoms with Gasteiger partial charge in [-0.1, -0.05) is 13.0 Å². The molecule has 0 saturated carbocycles. The molecular weight excluding hydrogens is 348 g/mol. The van der Waals surface area contributed by atoms with Crippen LogP contribution in [0.1, 0.15) is 39.6 Å². The number of methoxy groups -OCH3 is 1. The zero-order chi connectivity index (χ0) is 19.6. The summed E-state index contributed by atoms with van der Waals surface area (Å²) < 4.78 is 4.72. The van der Waals surface area contributed by atoms with Gasteiger partial charge in [0.1, 0.15) is 0 Å². The molecule has 0 amide bonds. The molecule has 7 nitrogen and oxygen atoms in total. The summed E-state index contributed by atoms with van der Waals surface area (Å²) in [6.07, 6.45) is 0.542. The van der Waals surface area contributed by atoms with Crippen LogP contribution in [0.4, 0.5) is 5.69 Å². The highest BCUT2D eigenvalue weighted by atomic mass is 16.5. The summed E-state index contributed by atoms with van der Waals surface area (Å²) in [5, 5.41) is 20.1. The lowest BCUT2D eigenvalue weighted by Crippen LogP contribution is -2.01. The molecule has 3 N–H and O–H groups in total. The molecule has 27 heavy (non-hydrogen) atoms. The molecule has 0 aliphatic carbocycles. The molecule has 0 aliphatic rings. The number of aromatic carboxylic acids is 1. The van der Waals surface area contributed by atoms with Crippen LogP contribution in [-0.4, -0.2) is 40.0 Å². The number of hydrogen-bond acceptors (Lipinski definition) is 5. The molecule has 1 aromatic heterocycles. The third-order valence-electron chi connectivity index (χ3n) is 4.20. The number of carbonyl (C=O) groups excluding carboxylic acids is 1. The quantitative estimate of drug-likeness (QED) is 0.468.